The maximum Gasteiger partial charge on any atom is 0.410 e. The highest BCUT2D eigenvalue weighted by Gasteiger charge is 2.27. The molecule has 4 fully saturated rings. The number of aromatic nitrogens is 6. The molecule has 0 atom stereocenters. The van der Waals surface area contributed by atoms with E-state index in [1.807, 2.05) is 85.9 Å². The van der Waals surface area contributed by atoms with Crippen molar-refractivity contribution in [3.63, 3.8) is 0 Å². The lowest BCUT2D eigenvalue weighted by Crippen LogP contribution is -2.48. The smallest absolute Gasteiger partial charge is 0.410 e. The number of hydrogen-bond acceptors (Lipinski definition) is 18. The van der Waals surface area contributed by atoms with Gasteiger partial charge in [0, 0.05) is 197 Å². The highest BCUT2D eigenvalue weighted by atomic mass is 35.5. The summed E-state index contributed by atoms with van der Waals surface area (Å²) in [4.78, 5) is 90.6. The average Bonchev–Trinajstić information content (AvgIpc) is 1.67. The monoisotopic (exact) mass is 1630 g/mol. The first-order chi connectivity index (χ1) is 56.2. The fraction of sp³-hybridized carbons (Fsp3) is 0.400. The molecule has 8 heterocycles. The molecule has 27 heteroatoms. The molecule has 6 aromatic carbocycles. The summed E-state index contributed by atoms with van der Waals surface area (Å²) in [5, 5.41) is 38.4. The number of fused-ring (bicyclic) bond motifs is 2. The summed E-state index contributed by atoms with van der Waals surface area (Å²) in [5.41, 5.74) is 15.7. The van der Waals surface area contributed by atoms with Crippen LogP contribution in [0, 0.1) is 0 Å². The van der Waals surface area contributed by atoms with E-state index in [1.165, 1.54) is 5.56 Å². The van der Waals surface area contributed by atoms with Gasteiger partial charge < -0.3 is 61.6 Å². The number of ether oxygens (including phenoxy) is 3. The number of nitrogens with zero attached hydrogens (tertiary/aromatic N) is 8. The zero-order chi connectivity index (χ0) is 81.7. The number of hydrogen-bond donors (Lipinski definition) is 8. The summed E-state index contributed by atoms with van der Waals surface area (Å²) in [7, 11) is 0. The van der Waals surface area contributed by atoms with Crippen molar-refractivity contribution in [1.82, 2.24) is 71.2 Å². The normalized spacial score (nSPS) is 14.7. The second-order valence-corrected chi connectivity index (χ2v) is 31.1. The summed E-state index contributed by atoms with van der Waals surface area (Å²) in [6, 6.07) is 41.2. The van der Waals surface area contributed by atoms with Crippen molar-refractivity contribution >= 4 is 92.7 Å². The Morgan fingerprint density at radius 2 is 0.923 bits per heavy atom. The molecule has 0 radical (unpaired) electrons. The van der Waals surface area contributed by atoms with Gasteiger partial charge in [-0.1, -0.05) is 93.0 Å². The molecule has 5 amide bonds. The average molecular weight is 1630 g/mol. The van der Waals surface area contributed by atoms with Crippen LogP contribution in [-0.4, -0.2) is 172 Å². The van der Waals surface area contributed by atoms with Crippen LogP contribution in [0.1, 0.15) is 173 Å². The van der Waals surface area contributed by atoms with Gasteiger partial charge in [-0.15, -0.1) is 0 Å². The molecule has 4 aromatic heterocycles. The minimum Gasteiger partial charge on any atom is -0.444 e. The van der Waals surface area contributed by atoms with E-state index >= 15 is 0 Å². The van der Waals surface area contributed by atoms with Crippen molar-refractivity contribution in [2.45, 2.75) is 158 Å². The van der Waals surface area contributed by atoms with Crippen LogP contribution in [0.4, 0.5) is 16.2 Å². The lowest BCUT2D eigenvalue weighted by molar-refractivity contribution is 0.0228. The molecule has 618 valence electrons. The number of halogens is 2. The van der Waals surface area contributed by atoms with E-state index in [0.717, 1.165) is 180 Å². The van der Waals surface area contributed by atoms with E-state index in [-0.39, 0.29) is 81.0 Å². The zero-order valence-corrected chi connectivity index (χ0v) is 68.8. The van der Waals surface area contributed by atoms with Gasteiger partial charge in [-0.25, -0.2) is 24.1 Å². The number of pyridine rings is 2. The summed E-state index contributed by atoms with van der Waals surface area (Å²) in [6.45, 7) is 27.4. The van der Waals surface area contributed by atoms with Gasteiger partial charge in [0.1, 0.15) is 11.9 Å². The van der Waals surface area contributed by atoms with Crippen molar-refractivity contribution in [1.29, 1.82) is 0 Å². The molecule has 4 saturated heterocycles. The third-order valence-corrected chi connectivity index (χ3v) is 21.2. The molecule has 0 aliphatic carbocycles. The van der Waals surface area contributed by atoms with Gasteiger partial charge >= 0.3 is 6.09 Å². The van der Waals surface area contributed by atoms with Crippen molar-refractivity contribution in [2.24, 2.45) is 0 Å². The Hall–Kier alpha value is -10.6. The third kappa shape index (κ3) is 23.6. The standard InChI is InChI=1S/C42H49ClN8O3.C38H39ClN6O4.C9H18N2O2.CH4/c1-3-38-36(39(48-35-11-17-54-18-12-35)37-26-47-51(4-2)40(37)49-38)25-46-42(53)32-10-6-9-31(22-32)41(52)45-24-29-20-33(23-34(43)21-29)30-8-5-7-28(19-30)27-50-15-13-44-14-16-50;1-3-34-32(35(43-31-11-13-49-14-12-31)33-22-42-45(4-2)36(33)44-34)21-41-38(48)28-10-6-9-27(18-28)37(47)40-20-25-16-29(19-30(39)17-25)26-8-5-7-24(15-26)23-46;1-9(2,3)13-8(12)11-6-4-10-5-7-11;/h5-10,19-23,26,35,44H,3-4,11-18,24-25,27H2,1-2H3,(H,45,52)(H,46,53)(H,48,49);5-10,15-19,22-23,31H,3-4,11-14,20-21H2,1-2H3,(H,40,47)(H,41,48)(H,43,44);10H,4-7H2,1-3H3;1H4. The molecule has 0 bridgehead atoms. The molecule has 10 aromatic rings. The molecule has 0 saturated carbocycles. The van der Waals surface area contributed by atoms with E-state index in [0.29, 0.717) is 90.2 Å². The fourth-order valence-corrected chi connectivity index (χ4v) is 15.2. The molecule has 14 rings (SSSR count). The highest BCUT2D eigenvalue weighted by Crippen LogP contribution is 2.35. The number of aldehydes is 1. The van der Waals surface area contributed by atoms with Crippen LogP contribution in [0.25, 0.3) is 44.3 Å². The van der Waals surface area contributed by atoms with Crippen molar-refractivity contribution in [3.05, 3.63) is 223 Å². The van der Waals surface area contributed by atoms with Gasteiger partial charge in [0.25, 0.3) is 23.6 Å². The predicted octanol–water partition coefficient (Wildman–Crippen LogP) is 14.3. The minimum atomic E-state index is -0.387. The second-order valence-electron chi connectivity index (χ2n) is 30.3. The van der Waals surface area contributed by atoms with Gasteiger partial charge in [0.15, 0.2) is 11.3 Å². The summed E-state index contributed by atoms with van der Waals surface area (Å²) < 4.78 is 20.2. The van der Waals surface area contributed by atoms with Crippen LogP contribution in [0.5, 0.6) is 0 Å². The van der Waals surface area contributed by atoms with E-state index in [2.05, 4.69) is 109 Å². The van der Waals surface area contributed by atoms with Crippen LogP contribution in [0.2, 0.25) is 10.0 Å². The van der Waals surface area contributed by atoms with E-state index in [1.54, 1.807) is 71.6 Å². The molecular weight excluding hydrogens is 1520 g/mol. The van der Waals surface area contributed by atoms with E-state index in [4.69, 9.17) is 47.4 Å². The first-order valence-corrected chi connectivity index (χ1v) is 41.1. The van der Waals surface area contributed by atoms with Crippen molar-refractivity contribution < 1.29 is 43.0 Å². The van der Waals surface area contributed by atoms with Gasteiger partial charge in [-0.2, -0.15) is 10.2 Å². The van der Waals surface area contributed by atoms with Gasteiger partial charge in [0.05, 0.1) is 34.5 Å². The molecule has 8 N–H and O–H groups in total. The van der Waals surface area contributed by atoms with Crippen molar-refractivity contribution in [2.75, 3.05) is 89.4 Å². The predicted molar refractivity (Wildman–Crippen MR) is 462 cm³/mol. The lowest BCUT2D eigenvalue weighted by Gasteiger charge is -2.30. The number of aryl methyl sites for hydroxylation is 4. The Morgan fingerprint density at radius 1 is 0.513 bits per heavy atom. The van der Waals surface area contributed by atoms with E-state index in [9.17, 15) is 28.8 Å². The Morgan fingerprint density at radius 3 is 1.35 bits per heavy atom. The Balaban J connectivity index is 0.000000198. The molecule has 25 nitrogen and oxygen atoms in total. The highest BCUT2D eigenvalue weighted by molar-refractivity contribution is 6.31. The number of amides is 5. The molecule has 0 unspecified atom stereocenters. The SMILES string of the molecule is C.CC(C)(C)OC(=O)N1CCNCC1.CCc1nc2c(cnn2CC)c(NC2CCOCC2)c1CNC(=O)c1cccc(C(=O)NCc2cc(Cl)cc(-c3cccc(C=O)c3)c2)c1.CCc1nc2c(cnn2CC)c(NC2CCOCC2)c1CNC(=O)c1cccc(C(=O)NCc2cc(Cl)cc(-c3cccc(CN4CCNCC4)c3)c2)c1. The number of anilines is 2. The maximum atomic E-state index is 13.6. The van der Waals surface area contributed by atoms with Crippen LogP contribution in [0.3, 0.4) is 0 Å². The summed E-state index contributed by atoms with van der Waals surface area (Å²) in [6.07, 6.45) is 9.27. The van der Waals surface area contributed by atoms with Crippen LogP contribution in [0.15, 0.2) is 146 Å². The van der Waals surface area contributed by atoms with E-state index < -0.39 is 0 Å². The fourth-order valence-electron chi connectivity index (χ4n) is 14.7. The number of carbonyl (C=O) groups excluding carboxylic acids is 6. The first kappa shape index (κ1) is 87.2. The summed E-state index contributed by atoms with van der Waals surface area (Å²) in [5.74, 6) is -1.16. The largest absolute Gasteiger partial charge is 0.444 e. The number of rotatable bonds is 25. The third-order valence-electron chi connectivity index (χ3n) is 20.8. The first-order valence-electron chi connectivity index (χ1n) is 40.4. The van der Waals surface area contributed by atoms with Gasteiger partial charge in [-0.3, -0.25) is 28.9 Å². The molecule has 117 heavy (non-hydrogen) atoms. The molecular formula is C90H110Cl2N16O9. The van der Waals surface area contributed by atoms with Crippen LogP contribution >= 0.6 is 23.2 Å². The number of carbonyl (C=O) groups is 6. The topological polar surface area (TPSA) is 294 Å². The Bertz CT molecular complexity index is 5100. The van der Waals surface area contributed by atoms with Gasteiger partial charge in [-0.05, 0) is 197 Å². The van der Waals surface area contributed by atoms with Gasteiger partial charge in [0.2, 0.25) is 0 Å². The summed E-state index contributed by atoms with van der Waals surface area (Å²) >= 11 is 13.0. The quantitative estimate of drug-likeness (QED) is 0.0247. The molecule has 4 aliphatic rings. The number of benzene rings is 6. The number of nitrogens with one attached hydrogen (secondary N) is 8. The van der Waals surface area contributed by atoms with Crippen molar-refractivity contribution in [3.8, 4) is 22.3 Å². The second kappa shape index (κ2) is 42.0. The Kier molecular flexibility index (Phi) is 31.3. The Labute approximate surface area is 695 Å². The number of piperazine rings is 2. The zero-order valence-electron chi connectivity index (χ0n) is 67.3. The minimum absolute atomic E-state index is 0. The molecule has 4 aliphatic heterocycles. The van der Waals surface area contributed by atoms with Crippen LogP contribution in [-0.2, 0) is 72.9 Å². The maximum absolute atomic E-state index is 13.6. The lowest BCUT2D eigenvalue weighted by atomic mass is 10.0. The van der Waals surface area contributed by atoms with Crippen LogP contribution < -0.4 is 42.5 Å². The molecule has 0 spiro atoms.